The van der Waals surface area contributed by atoms with Crippen molar-refractivity contribution < 1.29 is 19.1 Å². The lowest BCUT2D eigenvalue weighted by atomic mass is 10.5. The van der Waals surface area contributed by atoms with E-state index in [1.54, 1.807) is 16.5 Å². The van der Waals surface area contributed by atoms with Gasteiger partial charge in [0, 0.05) is 35.0 Å². The van der Waals surface area contributed by atoms with E-state index in [4.69, 9.17) is 9.47 Å². The van der Waals surface area contributed by atoms with Crippen molar-refractivity contribution in [2.24, 2.45) is 21.1 Å². The summed E-state index contributed by atoms with van der Waals surface area (Å²) in [5.41, 5.74) is -0.442. The highest BCUT2D eigenvalue weighted by atomic mass is 16.5. The van der Waals surface area contributed by atoms with Crippen LogP contribution in [0, 0.1) is 0 Å². The van der Waals surface area contributed by atoms with E-state index in [0.717, 1.165) is 4.57 Å². The van der Waals surface area contributed by atoms with Gasteiger partial charge in [-0.25, -0.2) is 4.79 Å². The molecule has 0 atom stereocenters. The maximum absolute atomic E-state index is 12.5. The lowest BCUT2D eigenvalue weighted by molar-refractivity contribution is -0.141. The molecule has 0 spiro atoms. The molecule has 11 nitrogen and oxygen atoms in total. The average molecular weight is 381 g/mol. The molecule has 2 aromatic heterocycles. The molecule has 11 heteroatoms. The molecule has 0 bridgehead atoms. The molecule has 0 N–H and O–H groups in total. The Hall–Kier alpha value is -3.11. The van der Waals surface area contributed by atoms with Gasteiger partial charge in [-0.15, -0.1) is 0 Å². The van der Waals surface area contributed by atoms with E-state index < -0.39 is 23.2 Å². The summed E-state index contributed by atoms with van der Waals surface area (Å²) >= 11 is 0. The van der Waals surface area contributed by atoms with E-state index in [9.17, 15) is 19.2 Å². The van der Waals surface area contributed by atoms with E-state index in [-0.39, 0.29) is 37.5 Å². The highest BCUT2D eigenvalue weighted by Gasteiger charge is 2.21. The highest BCUT2D eigenvalue weighted by Crippen LogP contribution is 2.17. The first-order valence-electron chi connectivity index (χ1n) is 8.29. The van der Waals surface area contributed by atoms with E-state index in [2.05, 4.69) is 4.98 Å². The Bertz CT molecular complexity index is 966. The van der Waals surface area contributed by atoms with Crippen LogP contribution >= 0.6 is 0 Å². The van der Waals surface area contributed by atoms with Crippen molar-refractivity contribution in [2.75, 3.05) is 31.2 Å². The first kappa shape index (κ1) is 20.2. The first-order chi connectivity index (χ1) is 12.6. The predicted molar refractivity (Wildman–Crippen MR) is 96.7 cm³/mol. The summed E-state index contributed by atoms with van der Waals surface area (Å²) in [7, 11) is 4.58. The summed E-state index contributed by atoms with van der Waals surface area (Å²) in [6, 6.07) is 0. The lowest BCUT2D eigenvalue weighted by Crippen LogP contribution is -2.37. The van der Waals surface area contributed by atoms with Crippen molar-refractivity contribution in [1.29, 1.82) is 0 Å². The smallest absolute Gasteiger partial charge is 0.332 e. The molecule has 0 fully saturated rings. The van der Waals surface area contributed by atoms with Crippen LogP contribution in [0.2, 0.25) is 0 Å². The minimum absolute atomic E-state index is 0.0928. The Morgan fingerprint density at radius 2 is 1.44 bits per heavy atom. The Balaban J connectivity index is 2.47. The van der Waals surface area contributed by atoms with Crippen LogP contribution in [0.4, 0.5) is 5.95 Å². The van der Waals surface area contributed by atoms with Gasteiger partial charge in [0.1, 0.15) is 13.2 Å². The van der Waals surface area contributed by atoms with Crippen LogP contribution in [-0.2, 0) is 40.2 Å². The lowest BCUT2D eigenvalue weighted by Gasteiger charge is -2.23. The average Bonchev–Trinajstić information content (AvgIpc) is 2.93. The van der Waals surface area contributed by atoms with Gasteiger partial charge in [0.2, 0.25) is 5.95 Å². The van der Waals surface area contributed by atoms with Crippen LogP contribution in [0.1, 0.15) is 13.8 Å². The summed E-state index contributed by atoms with van der Waals surface area (Å²) in [4.78, 5) is 52.8. The standard InChI is InChI=1S/C16H23N5O6/c1-10(22)26-8-6-21(7-9-27-11(2)23)15-17-13-12(18(15)3)14(24)20(5)16(25)19(13)4/h6-9H2,1-5H3. The fourth-order valence-corrected chi connectivity index (χ4v) is 2.70. The van der Waals surface area contributed by atoms with Crippen LogP contribution in [0.25, 0.3) is 11.2 Å². The Labute approximate surface area is 154 Å². The second kappa shape index (κ2) is 8.06. The maximum Gasteiger partial charge on any atom is 0.332 e. The second-order valence-electron chi connectivity index (χ2n) is 6.02. The molecule has 0 radical (unpaired) electrons. The van der Waals surface area contributed by atoms with Crippen LogP contribution < -0.4 is 16.1 Å². The molecule has 0 amide bonds. The fourth-order valence-electron chi connectivity index (χ4n) is 2.70. The number of fused-ring (bicyclic) bond motifs is 1. The second-order valence-corrected chi connectivity index (χ2v) is 6.02. The molecule has 2 rings (SSSR count). The molecule has 0 aromatic carbocycles. The normalized spacial score (nSPS) is 10.9. The number of esters is 2. The van der Waals surface area contributed by atoms with Crippen molar-refractivity contribution in [3.63, 3.8) is 0 Å². The molecule has 148 valence electrons. The molecular formula is C16H23N5O6. The molecular weight excluding hydrogens is 358 g/mol. The van der Waals surface area contributed by atoms with Crippen molar-refractivity contribution in [3.05, 3.63) is 20.8 Å². The number of rotatable bonds is 7. The molecule has 0 saturated carbocycles. The highest BCUT2D eigenvalue weighted by molar-refractivity contribution is 5.74. The van der Waals surface area contributed by atoms with E-state index in [1.807, 2.05) is 0 Å². The molecule has 0 aliphatic rings. The van der Waals surface area contributed by atoms with Crippen LogP contribution in [0.3, 0.4) is 0 Å². The molecule has 0 aliphatic heterocycles. The summed E-state index contributed by atoms with van der Waals surface area (Å²) < 4.78 is 13.8. The van der Waals surface area contributed by atoms with E-state index >= 15 is 0 Å². The topological polar surface area (TPSA) is 118 Å². The van der Waals surface area contributed by atoms with Gasteiger partial charge >= 0.3 is 17.6 Å². The quantitative estimate of drug-likeness (QED) is 0.555. The molecule has 27 heavy (non-hydrogen) atoms. The van der Waals surface area contributed by atoms with Gasteiger partial charge in [-0.2, -0.15) is 4.98 Å². The molecule has 0 aliphatic carbocycles. The van der Waals surface area contributed by atoms with Crippen LogP contribution in [0.5, 0.6) is 0 Å². The zero-order valence-electron chi connectivity index (χ0n) is 16.0. The van der Waals surface area contributed by atoms with Crippen molar-refractivity contribution >= 4 is 29.1 Å². The molecule has 2 heterocycles. The van der Waals surface area contributed by atoms with Gasteiger partial charge in [0.15, 0.2) is 11.2 Å². The van der Waals surface area contributed by atoms with Crippen LogP contribution in [-0.4, -0.2) is 56.9 Å². The molecule has 0 saturated heterocycles. The Morgan fingerprint density at radius 3 is 1.93 bits per heavy atom. The van der Waals surface area contributed by atoms with E-state index in [0.29, 0.717) is 5.95 Å². The minimum atomic E-state index is -0.483. The number of carbonyl (C=O) groups is 2. The number of hydrogen-bond acceptors (Lipinski definition) is 8. The largest absolute Gasteiger partial charge is 0.464 e. The summed E-state index contributed by atoms with van der Waals surface area (Å²) in [6.07, 6.45) is 0. The van der Waals surface area contributed by atoms with Gasteiger partial charge in [0.05, 0.1) is 13.1 Å². The summed E-state index contributed by atoms with van der Waals surface area (Å²) in [5.74, 6) is -0.449. The zero-order chi connectivity index (χ0) is 20.3. The molecule has 0 unspecified atom stereocenters. The first-order valence-corrected chi connectivity index (χ1v) is 8.29. The fraction of sp³-hybridized carbons (Fsp3) is 0.562. The van der Waals surface area contributed by atoms with Gasteiger partial charge in [-0.1, -0.05) is 0 Å². The zero-order valence-corrected chi connectivity index (χ0v) is 16.0. The third-order valence-electron chi connectivity index (χ3n) is 4.07. The summed E-state index contributed by atoms with van der Waals surface area (Å²) in [6.45, 7) is 3.33. The number of aromatic nitrogens is 4. The number of anilines is 1. The number of ether oxygens (including phenoxy) is 2. The number of imidazole rings is 1. The van der Waals surface area contributed by atoms with Gasteiger partial charge in [0.25, 0.3) is 5.56 Å². The Morgan fingerprint density at radius 1 is 0.926 bits per heavy atom. The molecule has 2 aromatic rings. The number of carbonyl (C=O) groups excluding carboxylic acids is 2. The van der Waals surface area contributed by atoms with Crippen molar-refractivity contribution in [3.8, 4) is 0 Å². The number of nitrogens with zero attached hydrogens (tertiary/aromatic N) is 5. The number of hydrogen-bond donors (Lipinski definition) is 0. The maximum atomic E-state index is 12.5. The van der Waals surface area contributed by atoms with Gasteiger partial charge < -0.3 is 18.9 Å². The third-order valence-corrected chi connectivity index (χ3v) is 4.07. The number of aryl methyl sites for hydroxylation is 2. The summed E-state index contributed by atoms with van der Waals surface area (Å²) in [5, 5.41) is 0. The SMILES string of the molecule is CC(=O)OCCN(CCOC(C)=O)c1nc2c(c(=O)n(C)c(=O)n2C)n1C. The van der Waals surface area contributed by atoms with Gasteiger partial charge in [-0.3, -0.25) is 23.5 Å². The predicted octanol–water partition coefficient (Wildman–Crippen LogP) is -1.10. The van der Waals surface area contributed by atoms with Gasteiger partial charge in [-0.05, 0) is 0 Å². The third kappa shape index (κ3) is 4.18. The van der Waals surface area contributed by atoms with Crippen LogP contribution in [0.15, 0.2) is 9.59 Å². The monoisotopic (exact) mass is 381 g/mol. The minimum Gasteiger partial charge on any atom is -0.464 e. The van der Waals surface area contributed by atoms with E-state index in [1.165, 1.54) is 32.5 Å². The van der Waals surface area contributed by atoms with Crippen molar-refractivity contribution in [1.82, 2.24) is 18.7 Å². The van der Waals surface area contributed by atoms with Crippen molar-refractivity contribution in [2.45, 2.75) is 13.8 Å². The Kier molecular flexibility index (Phi) is 6.03.